The molecular weight excluding hydrogens is 372 g/mol. The molecule has 0 atom stereocenters. The van der Waals surface area contributed by atoms with E-state index in [2.05, 4.69) is 10.3 Å². The number of benzene rings is 2. The predicted molar refractivity (Wildman–Crippen MR) is 95.2 cm³/mol. The van der Waals surface area contributed by atoms with Crippen LogP contribution in [-0.2, 0) is 0 Å². The van der Waals surface area contributed by atoms with E-state index in [4.69, 9.17) is 10.5 Å². The number of primary amides is 1. The van der Waals surface area contributed by atoms with Gasteiger partial charge in [0.1, 0.15) is 5.75 Å². The van der Waals surface area contributed by atoms with E-state index in [0.29, 0.717) is 5.75 Å². The fourth-order valence-corrected chi connectivity index (χ4v) is 2.26. The van der Waals surface area contributed by atoms with E-state index in [-0.39, 0.29) is 17.1 Å². The molecule has 0 bridgehead atoms. The van der Waals surface area contributed by atoms with Gasteiger partial charge in [0.2, 0.25) is 11.8 Å². The number of aromatic hydroxyl groups is 1. The van der Waals surface area contributed by atoms with Gasteiger partial charge in [-0.05, 0) is 36.4 Å². The van der Waals surface area contributed by atoms with Crippen LogP contribution in [-0.4, -0.2) is 21.9 Å². The highest BCUT2D eigenvalue weighted by Gasteiger charge is 2.18. The van der Waals surface area contributed by atoms with E-state index in [9.17, 15) is 23.5 Å². The third-order valence-electron chi connectivity index (χ3n) is 3.65. The first-order chi connectivity index (χ1) is 13.3. The number of carbonyl (C=O) groups is 2. The van der Waals surface area contributed by atoms with Gasteiger partial charge in [-0.15, -0.1) is 0 Å². The lowest BCUT2D eigenvalue weighted by Gasteiger charge is -2.09. The summed E-state index contributed by atoms with van der Waals surface area (Å²) in [7, 11) is 0. The normalized spacial score (nSPS) is 10.4. The summed E-state index contributed by atoms with van der Waals surface area (Å²) < 4.78 is 32.4. The van der Waals surface area contributed by atoms with Crippen molar-refractivity contribution >= 4 is 17.5 Å². The van der Waals surface area contributed by atoms with Crippen LogP contribution in [0, 0.1) is 11.6 Å². The minimum absolute atomic E-state index is 0.172. The second-order valence-electron chi connectivity index (χ2n) is 5.59. The van der Waals surface area contributed by atoms with E-state index in [1.807, 2.05) is 0 Å². The average Bonchev–Trinajstić information content (AvgIpc) is 2.68. The van der Waals surface area contributed by atoms with Gasteiger partial charge < -0.3 is 20.9 Å². The Balaban J connectivity index is 1.71. The Labute approximate surface area is 157 Å². The number of anilines is 1. The summed E-state index contributed by atoms with van der Waals surface area (Å²) in [5.74, 6) is -4.74. The first kappa shape index (κ1) is 18.8. The molecule has 4 N–H and O–H groups in total. The largest absolute Gasteiger partial charge is 0.503 e. The van der Waals surface area contributed by atoms with Crippen LogP contribution in [0.4, 0.5) is 14.5 Å². The summed E-state index contributed by atoms with van der Waals surface area (Å²) in [6, 6.07) is 10.8. The van der Waals surface area contributed by atoms with Gasteiger partial charge in [0.15, 0.2) is 17.4 Å². The second-order valence-corrected chi connectivity index (χ2v) is 5.59. The zero-order valence-electron chi connectivity index (χ0n) is 14.1. The number of hydrogen-bond acceptors (Lipinski definition) is 5. The van der Waals surface area contributed by atoms with Crippen molar-refractivity contribution in [1.29, 1.82) is 0 Å². The van der Waals surface area contributed by atoms with Gasteiger partial charge in [0.05, 0.1) is 17.4 Å². The number of nitrogens with zero attached hydrogens (tertiary/aromatic N) is 1. The maximum absolute atomic E-state index is 13.8. The first-order valence-corrected chi connectivity index (χ1v) is 7.87. The standard InChI is InChI=1S/C19H13F2N3O4/c20-14-6-5-13(16(21)17(14)25)19(27)24-11-4-7-15(23-9-11)28-12-3-1-2-10(8-12)18(22)26/h1-9,25H,(H2,22,26)(H,24,27). The molecule has 3 rings (SSSR count). The Morgan fingerprint density at radius 1 is 1.11 bits per heavy atom. The molecule has 0 unspecified atom stereocenters. The van der Waals surface area contributed by atoms with Crippen molar-refractivity contribution in [3.63, 3.8) is 0 Å². The van der Waals surface area contributed by atoms with Crippen LogP contribution in [0.15, 0.2) is 54.7 Å². The van der Waals surface area contributed by atoms with Crippen LogP contribution in [0.25, 0.3) is 0 Å². The molecule has 1 aromatic heterocycles. The molecule has 2 aromatic carbocycles. The number of nitrogens with one attached hydrogen (secondary N) is 1. The Bertz CT molecular complexity index is 1060. The maximum atomic E-state index is 13.8. The molecule has 0 saturated carbocycles. The molecule has 7 nitrogen and oxygen atoms in total. The Kier molecular flexibility index (Phi) is 5.16. The molecule has 0 saturated heterocycles. The molecule has 0 aliphatic carbocycles. The number of hydrogen-bond donors (Lipinski definition) is 3. The SMILES string of the molecule is NC(=O)c1cccc(Oc2ccc(NC(=O)c3ccc(F)c(O)c3F)cn2)c1. The molecule has 0 spiro atoms. The van der Waals surface area contributed by atoms with Crippen LogP contribution in [0.3, 0.4) is 0 Å². The maximum Gasteiger partial charge on any atom is 0.258 e. The lowest BCUT2D eigenvalue weighted by Crippen LogP contribution is -2.14. The first-order valence-electron chi connectivity index (χ1n) is 7.87. The number of nitrogens with two attached hydrogens (primary N) is 1. The molecule has 0 aliphatic heterocycles. The third-order valence-corrected chi connectivity index (χ3v) is 3.65. The number of amides is 2. The summed E-state index contributed by atoms with van der Waals surface area (Å²) in [5, 5.41) is 11.6. The summed E-state index contributed by atoms with van der Waals surface area (Å²) in [6.45, 7) is 0. The van der Waals surface area contributed by atoms with E-state index in [1.165, 1.54) is 30.5 Å². The van der Waals surface area contributed by atoms with Crippen LogP contribution >= 0.6 is 0 Å². The van der Waals surface area contributed by atoms with E-state index in [1.54, 1.807) is 12.1 Å². The van der Waals surface area contributed by atoms with Crippen molar-refractivity contribution in [3.8, 4) is 17.4 Å². The summed E-state index contributed by atoms with van der Waals surface area (Å²) in [5.41, 5.74) is 5.16. The highest BCUT2D eigenvalue weighted by atomic mass is 19.1. The highest BCUT2D eigenvalue weighted by Crippen LogP contribution is 2.25. The van der Waals surface area contributed by atoms with Crippen molar-refractivity contribution in [2.24, 2.45) is 5.73 Å². The molecule has 2 amide bonds. The topological polar surface area (TPSA) is 115 Å². The summed E-state index contributed by atoms with van der Waals surface area (Å²) >= 11 is 0. The predicted octanol–water partition coefficient (Wildman–Crippen LogP) is 3.21. The molecule has 28 heavy (non-hydrogen) atoms. The van der Waals surface area contributed by atoms with Gasteiger partial charge in [-0.25, -0.2) is 13.8 Å². The van der Waals surface area contributed by atoms with Gasteiger partial charge in [-0.2, -0.15) is 0 Å². The van der Waals surface area contributed by atoms with Gasteiger partial charge in [0, 0.05) is 11.6 Å². The van der Waals surface area contributed by atoms with Crippen molar-refractivity contribution < 1.29 is 28.2 Å². The fourth-order valence-electron chi connectivity index (χ4n) is 2.26. The van der Waals surface area contributed by atoms with Crippen molar-refractivity contribution in [1.82, 2.24) is 4.98 Å². The quantitative estimate of drug-likeness (QED) is 0.624. The van der Waals surface area contributed by atoms with Gasteiger partial charge in [0.25, 0.3) is 5.91 Å². The van der Waals surface area contributed by atoms with Crippen LogP contribution in [0.2, 0.25) is 0 Å². The van der Waals surface area contributed by atoms with Crippen molar-refractivity contribution in [2.45, 2.75) is 0 Å². The summed E-state index contributed by atoms with van der Waals surface area (Å²) in [4.78, 5) is 27.3. The van der Waals surface area contributed by atoms with Crippen LogP contribution in [0.1, 0.15) is 20.7 Å². The van der Waals surface area contributed by atoms with Gasteiger partial charge in [-0.3, -0.25) is 9.59 Å². The van der Waals surface area contributed by atoms with E-state index in [0.717, 1.165) is 12.1 Å². The smallest absolute Gasteiger partial charge is 0.258 e. The van der Waals surface area contributed by atoms with Crippen molar-refractivity contribution in [2.75, 3.05) is 5.32 Å². The van der Waals surface area contributed by atoms with Crippen LogP contribution < -0.4 is 15.8 Å². The fraction of sp³-hybridized carbons (Fsp3) is 0. The zero-order chi connectivity index (χ0) is 20.3. The number of halogens is 2. The minimum Gasteiger partial charge on any atom is -0.503 e. The minimum atomic E-state index is -1.36. The number of pyridine rings is 1. The average molecular weight is 385 g/mol. The number of rotatable bonds is 5. The van der Waals surface area contributed by atoms with Crippen LogP contribution in [0.5, 0.6) is 17.4 Å². The Hall–Kier alpha value is -4.01. The zero-order valence-corrected chi connectivity index (χ0v) is 14.1. The lowest BCUT2D eigenvalue weighted by atomic mass is 10.1. The lowest BCUT2D eigenvalue weighted by molar-refractivity contribution is 0.0996. The number of carbonyl (C=O) groups excluding carboxylic acids is 2. The molecule has 0 aliphatic rings. The molecule has 3 aromatic rings. The molecule has 0 radical (unpaired) electrons. The van der Waals surface area contributed by atoms with Gasteiger partial charge >= 0.3 is 0 Å². The molecule has 142 valence electrons. The number of aromatic nitrogens is 1. The number of ether oxygens (including phenoxy) is 1. The van der Waals surface area contributed by atoms with Gasteiger partial charge in [-0.1, -0.05) is 6.07 Å². The monoisotopic (exact) mass is 385 g/mol. The Morgan fingerprint density at radius 3 is 2.57 bits per heavy atom. The van der Waals surface area contributed by atoms with E-state index < -0.39 is 34.8 Å². The summed E-state index contributed by atoms with van der Waals surface area (Å²) in [6.07, 6.45) is 1.26. The third kappa shape index (κ3) is 4.04. The Morgan fingerprint density at radius 2 is 1.89 bits per heavy atom. The highest BCUT2D eigenvalue weighted by molar-refractivity contribution is 6.04. The molecular formula is C19H13F2N3O4. The molecule has 0 fully saturated rings. The van der Waals surface area contributed by atoms with Crippen molar-refractivity contribution in [3.05, 3.63) is 77.5 Å². The van der Waals surface area contributed by atoms with E-state index >= 15 is 0 Å². The number of phenolic OH excluding ortho intramolecular Hbond substituents is 1. The molecule has 9 heteroatoms. The molecule has 1 heterocycles. The number of phenols is 1. The second kappa shape index (κ2) is 7.70.